The Hall–Kier alpha value is -2.22. The molecule has 0 saturated carbocycles. The van der Waals surface area contributed by atoms with Gasteiger partial charge in [-0.15, -0.1) is 12.4 Å². The highest BCUT2D eigenvalue weighted by Gasteiger charge is 2.20. The van der Waals surface area contributed by atoms with Crippen LogP contribution >= 0.6 is 24.0 Å². The summed E-state index contributed by atoms with van der Waals surface area (Å²) in [6, 6.07) is 6.69. The zero-order chi connectivity index (χ0) is 19.1. The molecule has 3 N–H and O–H groups in total. The number of carbonyl (C=O) groups is 2. The number of rotatable bonds is 6. The van der Waals surface area contributed by atoms with Crippen LogP contribution in [0.3, 0.4) is 0 Å². The van der Waals surface area contributed by atoms with Crippen LogP contribution in [0.25, 0.3) is 0 Å². The van der Waals surface area contributed by atoms with Gasteiger partial charge in [-0.3, -0.25) is 9.59 Å². The quantitative estimate of drug-likeness (QED) is 0.663. The zero-order valence-corrected chi connectivity index (χ0v) is 16.9. The van der Waals surface area contributed by atoms with Gasteiger partial charge in [0, 0.05) is 29.6 Å². The molecule has 1 aliphatic heterocycles. The average Bonchev–Trinajstić information content (AvgIpc) is 2.70. The average molecular weight is 424 g/mol. The van der Waals surface area contributed by atoms with E-state index in [1.54, 1.807) is 24.3 Å². The molecule has 1 saturated heterocycles. The zero-order valence-electron chi connectivity index (χ0n) is 15.3. The lowest BCUT2D eigenvalue weighted by Gasteiger charge is -2.22. The molecular weight excluding hydrogens is 401 g/mol. The van der Waals surface area contributed by atoms with Crippen molar-refractivity contribution in [1.29, 1.82) is 0 Å². The molecular formula is C19H23Cl2N5O2. The Labute approximate surface area is 175 Å². The number of hydrogen-bond acceptors (Lipinski definition) is 5. The van der Waals surface area contributed by atoms with Gasteiger partial charge in [0.2, 0.25) is 0 Å². The van der Waals surface area contributed by atoms with Gasteiger partial charge in [-0.05, 0) is 62.5 Å². The summed E-state index contributed by atoms with van der Waals surface area (Å²) in [6.07, 6.45) is 6.02. The van der Waals surface area contributed by atoms with Gasteiger partial charge in [0.25, 0.3) is 11.8 Å². The van der Waals surface area contributed by atoms with Crippen LogP contribution in [-0.2, 0) is 0 Å². The Morgan fingerprint density at radius 1 is 1.11 bits per heavy atom. The first-order valence-electron chi connectivity index (χ1n) is 9.00. The van der Waals surface area contributed by atoms with Crippen molar-refractivity contribution in [2.75, 3.05) is 25.0 Å². The Kier molecular flexibility index (Phi) is 8.63. The van der Waals surface area contributed by atoms with Crippen molar-refractivity contribution in [2.24, 2.45) is 5.92 Å². The molecule has 7 nitrogen and oxygen atoms in total. The second-order valence-electron chi connectivity index (χ2n) is 6.47. The van der Waals surface area contributed by atoms with E-state index in [1.165, 1.54) is 18.8 Å². The number of nitrogens with one attached hydrogen (secondary N) is 3. The normalized spacial score (nSPS) is 16.0. The molecule has 3 rings (SSSR count). The lowest BCUT2D eigenvalue weighted by atomic mass is 9.96. The third-order valence-electron chi connectivity index (χ3n) is 4.47. The first kappa shape index (κ1) is 22.1. The summed E-state index contributed by atoms with van der Waals surface area (Å²) in [4.78, 5) is 33.1. The molecule has 0 radical (unpaired) electrons. The molecule has 9 heteroatoms. The van der Waals surface area contributed by atoms with E-state index in [0.717, 1.165) is 25.9 Å². The second kappa shape index (κ2) is 10.9. The minimum absolute atomic E-state index is 0. The maximum atomic E-state index is 12.5. The van der Waals surface area contributed by atoms with Crippen LogP contribution in [0.4, 0.5) is 5.69 Å². The van der Waals surface area contributed by atoms with E-state index in [9.17, 15) is 9.59 Å². The largest absolute Gasteiger partial charge is 0.351 e. The number of benzene rings is 1. The highest BCUT2D eigenvalue weighted by atomic mass is 35.5. The molecule has 1 unspecified atom stereocenters. The van der Waals surface area contributed by atoms with E-state index in [-0.39, 0.29) is 23.8 Å². The Balaban J connectivity index is 0.00000280. The summed E-state index contributed by atoms with van der Waals surface area (Å²) in [6.45, 7) is 2.59. The van der Waals surface area contributed by atoms with Gasteiger partial charge in [0.15, 0.2) is 11.4 Å². The van der Waals surface area contributed by atoms with Crippen LogP contribution in [0.15, 0.2) is 36.7 Å². The summed E-state index contributed by atoms with van der Waals surface area (Å²) < 4.78 is 0. The van der Waals surface area contributed by atoms with Crippen molar-refractivity contribution in [1.82, 2.24) is 20.6 Å². The molecule has 0 bridgehead atoms. The van der Waals surface area contributed by atoms with Gasteiger partial charge in [-0.2, -0.15) is 0 Å². The molecule has 0 aliphatic carbocycles. The van der Waals surface area contributed by atoms with E-state index < -0.39 is 11.8 Å². The van der Waals surface area contributed by atoms with Crippen molar-refractivity contribution in [3.05, 3.63) is 53.1 Å². The molecule has 1 fully saturated rings. The fourth-order valence-corrected chi connectivity index (χ4v) is 3.16. The predicted octanol–water partition coefficient (Wildman–Crippen LogP) is 2.92. The number of aromatic nitrogens is 2. The van der Waals surface area contributed by atoms with Crippen molar-refractivity contribution >= 4 is 41.5 Å². The maximum Gasteiger partial charge on any atom is 0.276 e. The van der Waals surface area contributed by atoms with Gasteiger partial charge in [0.05, 0.1) is 0 Å². The third-order valence-corrected chi connectivity index (χ3v) is 4.72. The van der Waals surface area contributed by atoms with Gasteiger partial charge in [-0.25, -0.2) is 9.97 Å². The molecule has 1 aliphatic rings. The first-order valence-corrected chi connectivity index (χ1v) is 9.38. The standard InChI is InChI=1S/C19H22ClN5O2.ClH/c20-14-3-5-15(6-4-14)25-19(27)17-16(22-10-11-23-17)18(26)24-9-7-13-2-1-8-21-12-13;/h3-6,10-11,13,21H,1-2,7-9,12H2,(H,24,26)(H,25,27);1H. The van der Waals surface area contributed by atoms with E-state index in [2.05, 4.69) is 25.9 Å². The lowest BCUT2D eigenvalue weighted by molar-refractivity contribution is 0.0930. The predicted molar refractivity (Wildman–Crippen MR) is 111 cm³/mol. The van der Waals surface area contributed by atoms with Crippen LogP contribution in [0, 0.1) is 5.92 Å². The number of piperidine rings is 1. The minimum atomic E-state index is -0.493. The number of nitrogens with zero attached hydrogens (tertiary/aromatic N) is 2. The Morgan fingerprint density at radius 2 is 1.79 bits per heavy atom. The number of halogens is 2. The monoisotopic (exact) mass is 423 g/mol. The van der Waals surface area contributed by atoms with Gasteiger partial charge >= 0.3 is 0 Å². The van der Waals surface area contributed by atoms with Crippen LogP contribution in [0.5, 0.6) is 0 Å². The number of amides is 2. The molecule has 0 spiro atoms. The van der Waals surface area contributed by atoms with Gasteiger partial charge < -0.3 is 16.0 Å². The van der Waals surface area contributed by atoms with Crippen LogP contribution in [0.2, 0.25) is 5.02 Å². The van der Waals surface area contributed by atoms with Crippen LogP contribution in [-0.4, -0.2) is 41.4 Å². The van der Waals surface area contributed by atoms with Crippen molar-refractivity contribution in [2.45, 2.75) is 19.3 Å². The second-order valence-corrected chi connectivity index (χ2v) is 6.91. The number of anilines is 1. The molecule has 2 heterocycles. The van der Waals surface area contributed by atoms with E-state index in [1.807, 2.05) is 0 Å². The molecule has 2 aromatic rings. The summed E-state index contributed by atoms with van der Waals surface area (Å²) in [7, 11) is 0. The van der Waals surface area contributed by atoms with Crippen molar-refractivity contribution in [3.63, 3.8) is 0 Å². The number of carbonyl (C=O) groups excluding carboxylic acids is 2. The fourth-order valence-electron chi connectivity index (χ4n) is 3.04. The van der Waals surface area contributed by atoms with E-state index in [4.69, 9.17) is 11.6 Å². The molecule has 150 valence electrons. The lowest BCUT2D eigenvalue weighted by Crippen LogP contribution is -2.34. The first-order chi connectivity index (χ1) is 13.1. The summed E-state index contributed by atoms with van der Waals surface area (Å²) in [5.74, 6) is -0.325. The Bertz CT molecular complexity index is 795. The molecule has 28 heavy (non-hydrogen) atoms. The van der Waals surface area contributed by atoms with Crippen molar-refractivity contribution < 1.29 is 9.59 Å². The van der Waals surface area contributed by atoms with Gasteiger partial charge in [-0.1, -0.05) is 11.6 Å². The molecule has 1 aromatic heterocycles. The van der Waals surface area contributed by atoms with E-state index in [0.29, 0.717) is 23.2 Å². The highest BCUT2D eigenvalue weighted by Crippen LogP contribution is 2.15. The SMILES string of the molecule is Cl.O=C(NCCC1CCCNC1)c1nccnc1C(=O)Nc1ccc(Cl)cc1. The molecule has 1 atom stereocenters. The summed E-state index contributed by atoms with van der Waals surface area (Å²) >= 11 is 5.84. The molecule has 1 aromatic carbocycles. The summed E-state index contributed by atoms with van der Waals surface area (Å²) in [5.41, 5.74) is 0.571. The van der Waals surface area contributed by atoms with Crippen LogP contribution in [0.1, 0.15) is 40.2 Å². The highest BCUT2D eigenvalue weighted by molar-refractivity contribution is 6.30. The third kappa shape index (κ3) is 6.15. The number of hydrogen-bond donors (Lipinski definition) is 3. The van der Waals surface area contributed by atoms with Gasteiger partial charge in [0.1, 0.15) is 0 Å². The van der Waals surface area contributed by atoms with E-state index >= 15 is 0 Å². The van der Waals surface area contributed by atoms with Crippen LogP contribution < -0.4 is 16.0 Å². The molecule has 2 amide bonds. The topological polar surface area (TPSA) is 96.0 Å². The smallest absolute Gasteiger partial charge is 0.276 e. The summed E-state index contributed by atoms with van der Waals surface area (Å²) in [5, 5.41) is 9.48. The minimum Gasteiger partial charge on any atom is -0.351 e. The Morgan fingerprint density at radius 3 is 2.43 bits per heavy atom. The van der Waals surface area contributed by atoms with Crippen molar-refractivity contribution in [3.8, 4) is 0 Å². The fraction of sp³-hybridized carbons (Fsp3) is 0.368. The maximum absolute atomic E-state index is 12.5.